The summed E-state index contributed by atoms with van der Waals surface area (Å²) in [5.41, 5.74) is 1.96. The Morgan fingerprint density at radius 3 is 2.46 bits per heavy atom. The largest absolute Gasteiger partial charge is 0.485 e. The number of aromatic nitrogens is 6. The molecular weight excluding hydrogens is 751 g/mol. The lowest BCUT2D eigenvalue weighted by molar-refractivity contribution is -0.137. The molecular formula is C39H39ClF3N9O4. The molecule has 4 heterocycles. The van der Waals surface area contributed by atoms with Crippen LogP contribution in [0.2, 0.25) is 5.02 Å². The summed E-state index contributed by atoms with van der Waals surface area (Å²) in [6.45, 7) is 4.56. The van der Waals surface area contributed by atoms with Gasteiger partial charge in [0, 0.05) is 26.2 Å². The third-order valence-corrected chi connectivity index (χ3v) is 10.2. The van der Waals surface area contributed by atoms with Gasteiger partial charge in [-0.05, 0) is 68.4 Å². The van der Waals surface area contributed by atoms with Crippen molar-refractivity contribution in [2.24, 2.45) is 0 Å². The number of amides is 2. The van der Waals surface area contributed by atoms with Crippen molar-refractivity contribution in [3.63, 3.8) is 0 Å². The average Bonchev–Trinajstić information content (AvgIpc) is 3.65. The van der Waals surface area contributed by atoms with Gasteiger partial charge < -0.3 is 24.4 Å². The SMILES string of the molecule is CCc1c(N2CCN(C(=O)c3ncnc(C)c3OCc3ccccc3)CC2)c(=O)n2nc(C3=CCCCC3)nc2n1CC(=O)Nc1ccc(C(F)(F)F)cc1Cl. The molecule has 2 aromatic carbocycles. The molecule has 1 aliphatic heterocycles. The van der Waals surface area contributed by atoms with Gasteiger partial charge in [-0.2, -0.15) is 22.7 Å². The number of carbonyl (C=O) groups is 2. The van der Waals surface area contributed by atoms with Crippen LogP contribution in [0.25, 0.3) is 11.4 Å². The summed E-state index contributed by atoms with van der Waals surface area (Å²) in [6, 6.07) is 12.2. The minimum Gasteiger partial charge on any atom is -0.485 e. The highest BCUT2D eigenvalue weighted by Gasteiger charge is 2.33. The number of hydrogen-bond acceptors (Lipinski definition) is 9. The minimum atomic E-state index is -4.60. The first-order chi connectivity index (χ1) is 26.9. The van der Waals surface area contributed by atoms with Gasteiger partial charge in [0.25, 0.3) is 11.5 Å². The summed E-state index contributed by atoms with van der Waals surface area (Å²) in [5, 5.41) is 6.97. The zero-order valence-corrected chi connectivity index (χ0v) is 31.5. The Labute approximate surface area is 324 Å². The third kappa shape index (κ3) is 7.96. The molecule has 0 unspecified atom stereocenters. The second-order valence-electron chi connectivity index (χ2n) is 13.6. The molecule has 17 heteroatoms. The predicted octanol–water partition coefficient (Wildman–Crippen LogP) is 6.36. The quantitative estimate of drug-likeness (QED) is 0.171. The van der Waals surface area contributed by atoms with Crippen molar-refractivity contribution in [1.82, 2.24) is 34.0 Å². The molecule has 0 saturated carbocycles. The summed E-state index contributed by atoms with van der Waals surface area (Å²) in [7, 11) is 0. The molecule has 7 rings (SSSR count). The molecule has 1 N–H and O–H groups in total. The number of carbonyl (C=O) groups excluding carboxylic acids is 2. The Morgan fingerprint density at radius 2 is 1.79 bits per heavy atom. The number of alkyl halides is 3. The normalized spacial score (nSPS) is 14.9. The minimum absolute atomic E-state index is 0.00261. The van der Waals surface area contributed by atoms with Crippen LogP contribution in [0.15, 0.2) is 65.7 Å². The van der Waals surface area contributed by atoms with Gasteiger partial charge in [0.05, 0.1) is 27.7 Å². The van der Waals surface area contributed by atoms with E-state index in [9.17, 15) is 27.6 Å². The second kappa shape index (κ2) is 16.1. The standard InChI is InChI=1S/C39H39ClF3N9O4/c1-3-30-33(49-16-18-50(19-17-49)36(54)32-34(24(2)44-23-45-32)56-22-25-10-6-4-7-11-25)37(55)52-38(47-35(48-52)26-12-8-5-9-13-26)51(30)21-31(53)46-29-15-14-27(20-28(29)40)39(41,42)43/h4,6-7,10-12,14-15,20,23H,3,5,8-9,13,16-19,21-22H2,1-2H3,(H,46,53). The van der Waals surface area contributed by atoms with Crippen molar-refractivity contribution in [1.29, 1.82) is 0 Å². The fourth-order valence-electron chi connectivity index (χ4n) is 7.03. The molecule has 0 bridgehead atoms. The molecule has 292 valence electrons. The number of ether oxygens (including phenoxy) is 1. The zero-order chi connectivity index (χ0) is 39.6. The topological polar surface area (TPSA) is 140 Å². The number of fused-ring (bicyclic) bond motifs is 1. The maximum Gasteiger partial charge on any atom is 0.416 e. The van der Waals surface area contributed by atoms with Gasteiger partial charge in [0.15, 0.2) is 17.3 Å². The maximum absolute atomic E-state index is 14.4. The van der Waals surface area contributed by atoms with Gasteiger partial charge in [-0.15, -0.1) is 5.10 Å². The van der Waals surface area contributed by atoms with Crippen molar-refractivity contribution in [3.05, 3.63) is 110 Å². The van der Waals surface area contributed by atoms with Crippen LogP contribution < -0.4 is 20.5 Å². The van der Waals surface area contributed by atoms with Gasteiger partial charge in [-0.1, -0.05) is 54.9 Å². The molecule has 1 saturated heterocycles. The summed E-state index contributed by atoms with van der Waals surface area (Å²) in [4.78, 5) is 58.7. The van der Waals surface area contributed by atoms with E-state index in [1.165, 1.54) is 10.8 Å². The first-order valence-electron chi connectivity index (χ1n) is 18.3. The van der Waals surface area contributed by atoms with E-state index in [2.05, 4.69) is 26.5 Å². The van der Waals surface area contributed by atoms with Crippen LogP contribution in [0.3, 0.4) is 0 Å². The van der Waals surface area contributed by atoms with Crippen LogP contribution in [0.1, 0.15) is 71.4 Å². The zero-order valence-electron chi connectivity index (χ0n) is 30.8. The molecule has 2 aliphatic rings. The number of hydrogen-bond donors (Lipinski definition) is 1. The summed E-state index contributed by atoms with van der Waals surface area (Å²) < 4.78 is 48.7. The number of aryl methyl sites for hydroxylation is 1. The van der Waals surface area contributed by atoms with Gasteiger partial charge in [-0.3, -0.25) is 14.4 Å². The smallest absolute Gasteiger partial charge is 0.416 e. The summed E-state index contributed by atoms with van der Waals surface area (Å²) >= 11 is 6.16. The lowest BCUT2D eigenvalue weighted by Gasteiger charge is -2.36. The third-order valence-electron chi connectivity index (χ3n) is 9.90. The number of nitrogens with zero attached hydrogens (tertiary/aromatic N) is 8. The van der Waals surface area contributed by atoms with Crippen LogP contribution in [0.4, 0.5) is 24.5 Å². The Balaban J connectivity index is 1.17. The van der Waals surface area contributed by atoms with Crippen molar-refractivity contribution in [2.45, 2.75) is 65.3 Å². The monoisotopic (exact) mass is 789 g/mol. The molecule has 13 nitrogen and oxygen atoms in total. The first-order valence-corrected chi connectivity index (χ1v) is 18.7. The fraction of sp³-hybridized carbons (Fsp3) is 0.359. The number of allylic oxidation sites excluding steroid dienone is 2. The summed E-state index contributed by atoms with van der Waals surface area (Å²) in [6.07, 6.45) is 2.69. The highest BCUT2D eigenvalue weighted by molar-refractivity contribution is 6.33. The van der Waals surface area contributed by atoms with E-state index in [0.717, 1.165) is 55.0 Å². The number of piperazine rings is 1. The Hall–Kier alpha value is -5.77. The fourth-order valence-corrected chi connectivity index (χ4v) is 7.26. The molecule has 1 fully saturated rings. The van der Waals surface area contributed by atoms with Crippen LogP contribution in [0, 0.1) is 6.92 Å². The van der Waals surface area contributed by atoms with E-state index >= 15 is 0 Å². The Kier molecular flexibility index (Phi) is 11.1. The molecule has 0 atom stereocenters. The molecule has 2 amide bonds. The summed E-state index contributed by atoms with van der Waals surface area (Å²) in [5.74, 6) is -0.0815. The van der Waals surface area contributed by atoms with Gasteiger partial charge in [0.1, 0.15) is 25.2 Å². The molecule has 3 aromatic heterocycles. The highest BCUT2D eigenvalue weighted by Crippen LogP contribution is 2.34. The van der Waals surface area contributed by atoms with Gasteiger partial charge in [-0.25, -0.2) is 9.97 Å². The Morgan fingerprint density at radius 1 is 1.02 bits per heavy atom. The van der Waals surface area contributed by atoms with Crippen molar-refractivity contribution < 1.29 is 27.5 Å². The molecule has 0 radical (unpaired) electrons. The lowest BCUT2D eigenvalue weighted by Crippen LogP contribution is -2.51. The number of nitrogens with one attached hydrogen (secondary N) is 1. The lowest BCUT2D eigenvalue weighted by atomic mass is 9.99. The number of rotatable bonds is 10. The van der Waals surface area contributed by atoms with Crippen LogP contribution in [-0.4, -0.2) is 72.0 Å². The maximum atomic E-state index is 14.4. The van der Waals surface area contributed by atoms with E-state index in [0.29, 0.717) is 35.1 Å². The number of anilines is 2. The van der Waals surface area contributed by atoms with E-state index in [1.807, 2.05) is 42.2 Å². The molecule has 5 aromatic rings. The van der Waals surface area contributed by atoms with Crippen LogP contribution in [-0.2, 0) is 30.5 Å². The molecule has 56 heavy (non-hydrogen) atoms. The van der Waals surface area contributed by atoms with E-state index in [-0.39, 0.29) is 67.4 Å². The molecule has 0 spiro atoms. The van der Waals surface area contributed by atoms with Crippen molar-refractivity contribution in [2.75, 3.05) is 36.4 Å². The van der Waals surface area contributed by atoms with Gasteiger partial charge in [0.2, 0.25) is 11.7 Å². The van der Waals surface area contributed by atoms with Gasteiger partial charge >= 0.3 is 6.18 Å². The van der Waals surface area contributed by atoms with E-state index in [1.54, 1.807) is 16.4 Å². The van der Waals surface area contributed by atoms with E-state index < -0.39 is 23.2 Å². The highest BCUT2D eigenvalue weighted by atomic mass is 35.5. The first kappa shape index (κ1) is 38.5. The van der Waals surface area contributed by atoms with Crippen LogP contribution in [0.5, 0.6) is 5.75 Å². The molecule has 1 aliphatic carbocycles. The van der Waals surface area contributed by atoms with Crippen molar-refractivity contribution >= 4 is 46.1 Å². The van der Waals surface area contributed by atoms with Crippen LogP contribution >= 0.6 is 11.6 Å². The number of halogens is 4. The van der Waals surface area contributed by atoms with E-state index in [4.69, 9.17) is 21.3 Å². The predicted molar refractivity (Wildman–Crippen MR) is 204 cm³/mol. The Bertz CT molecular complexity index is 2370. The van der Waals surface area contributed by atoms with Crippen molar-refractivity contribution in [3.8, 4) is 5.75 Å². The second-order valence-corrected chi connectivity index (χ2v) is 14.0. The number of benzene rings is 2. The average molecular weight is 790 g/mol.